The molecule has 7 aromatic rings. The van der Waals surface area contributed by atoms with Crippen LogP contribution in [0.1, 0.15) is 37.8 Å². The number of nitrogens with zero attached hydrogens (tertiary/aromatic N) is 2. The molecule has 0 unspecified atom stereocenters. The first-order valence-corrected chi connectivity index (χ1v) is 16.1. The van der Waals surface area contributed by atoms with Crippen molar-refractivity contribution in [1.82, 2.24) is 9.97 Å². The molecule has 0 radical (unpaired) electrons. The lowest BCUT2D eigenvalue weighted by Gasteiger charge is -2.39. The average Bonchev–Trinajstić information content (AvgIpc) is 3.13. The van der Waals surface area contributed by atoms with Crippen molar-refractivity contribution in [3.05, 3.63) is 157 Å². The van der Waals surface area contributed by atoms with Crippen molar-refractivity contribution in [1.29, 1.82) is 0 Å². The maximum atomic E-state index is 6.43. The fourth-order valence-corrected chi connectivity index (χ4v) is 7.14. The SMILES string of the molecule is CCC1(CC)c2ccccc2Oc2ccc(-c3cccc(-c4cccc(-c5nc(-c6ccccc6)c6ccccc6n5)c4)c3)cc21. The second-order valence-electron chi connectivity index (χ2n) is 12.0. The van der Waals surface area contributed by atoms with E-state index < -0.39 is 0 Å². The first-order valence-electron chi connectivity index (χ1n) is 16.1. The van der Waals surface area contributed by atoms with Gasteiger partial charge in [-0.05, 0) is 71.5 Å². The van der Waals surface area contributed by atoms with E-state index in [0.29, 0.717) is 0 Å². The third-order valence-corrected chi connectivity index (χ3v) is 9.63. The zero-order valence-electron chi connectivity index (χ0n) is 26.1. The Balaban J connectivity index is 1.19. The molecule has 0 fully saturated rings. The number of para-hydroxylation sites is 2. The fraction of sp³-hybridized carbons (Fsp3) is 0.116. The van der Waals surface area contributed by atoms with Gasteiger partial charge in [-0.3, -0.25) is 0 Å². The Morgan fingerprint density at radius 2 is 1.07 bits per heavy atom. The molecule has 1 aliphatic heterocycles. The van der Waals surface area contributed by atoms with Crippen LogP contribution in [0.5, 0.6) is 11.5 Å². The third-order valence-electron chi connectivity index (χ3n) is 9.63. The van der Waals surface area contributed by atoms with Crippen LogP contribution < -0.4 is 4.74 Å². The Kier molecular flexibility index (Phi) is 6.95. The number of hydrogen-bond acceptors (Lipinski definition) is 3. The summed E-state index contributed by atoms with van der Waals surface area (Å²) in [5.41, 5.74) is 11.1. The molecule has 0 bridgehead atoms. The number of fused-ring (bicyclic) bond motifs is 3. The van der Waals surface area contributed by atoms with Crippen molar-refractivity contribution in [3.63, 3.8) is 0 Å². The molecular weight excluding hydrogens is 560 g/mol. The number of ether oxygens (including phenoxy) is 1. The van der Waals surface area contributed by atoms with Gasteiger partial charge in [0.1, 0.15) is 11.5 Å². The van der Waals surface area contributed by atoms with E-state index in [0.717, 1.165) is 69.0 Å². The number of hydrogen-bond donors (Lipinski definition) is 0. The quantitative estimate of drug-likeness (QED) is 0.192. The standard InChI is InChI=1S/C43H34N2O/c1-3-43(4-2)36-21-9-11-23-39(36)46-40-25-24-33(28-37(40)43)31-17-12-16-30(26-31)32-18-13-19-34(27-32)42-44-38-22-10-8-20-35(38)41(45-42)29-14-6-5-7-15-29/h5-28H,3-4H2,1-2H3. The van der Waals surface area contributed by atoms with Crippen LogP contribution in [0.25, 0.3) is 55.8 Å². The van der Waals surface area contributed by atoms with Crippen LogP contribution >= 0.6 is 0 Å². The molecule has 3 nitrogen and oxygen atoms in total. The van der Waals surface area contributed by atoms with Crippen LogP contribution in [0.2, 0.25) is 0 Å². The van der Waals surface area contributed by atoms with Crippen LogP contribution in [-0.2, 0) is 5.41 Å². The van der Waals surface area contributed by atoms with Crippen LogP contribution in [0.3, 0.4) is 0 Å². The van der Waals surface area contributed by atoms with Crippen molar-refractivity contribution in [2.45, 2.75) is 32.1 Å². The van der Waals surface area contributed by atoms with Gasteiger partial charge in [0, 0.05) is 33.1 Å². The van der Waals surface area contributed by atoms with Gasteiger partial charge in [0.25, 0.3) is 0 Å². The minimum Gasteiger partial charge on any atom is -0.457 e. The Morgan fingerprint density at radius 1 is 0.478 bits per heavy atom. The van der Waals surface area contributed by atoms with E-state index in [9.17, 15) is 0 Å². The van der Waals surface area contributed by atoms with Gasteiger partial charge in [0.2, 0.25) is 0 Å². The van der Waals surface area contributed by atoms with Gasteiger partial charge in [-0.2, -0.15) is 0 Å². The zero-order chi connectivity index (χ0) is 31.1. The Hall–Kier alpha value is -5.54. The first kappa shape index (κ1) is 28.0. The van der Waals surface area contributed by atoms with E-state index in [4.69, 9.17) is 14.7 Å². The Morgan fingerprint density at radius 3 is 1.83 bits per heavy atom. The van der Waals surface area contributed by atoms with Crippen molar-refractivity contribution in [3.8, 4) is 56.4 Å². The molecule has 8 rings (SSSR count). The number of benzene rings is 6. The van der Waals surface area contributed by atoms with Crippen LogP contribution in [0.4, 0.5) is 0 Å². The van der Waals surface area contributed by atoms with E-state index in [1.54, 1.807) is 0 Å². The van der Waals surface area contributed by atoms with Crippen molar-refractivity contribution >= 4 is 10.9 Å². The number of aromatic nitrogens is 2. The van der Waals surface area contributed by atoms with Gasteiger partial charge in [-0.1, -0.05) is 123 Å². The molecule has 46 heavy (non-hydrogen) atoms. The van der Waals surface area contributed by atoms with Gasteiger partial charge in [-0.15, -0.1) is 0 Å². The molecule has 222 valence electrons. The molecule has 0 amide bonds. The second-order valence-corrected chi connectivity index (χ2v) is 12.0. The molecule has 0 saturated heterocycles. The molecule has 2 heterocycles. The van der Waals surface area contributed by atoms with Crippen LogP contribution in [0, 0.1) is 0 Å². The highest BCUT2D eigenvalue weighted by molar-refractivity contribution is 5.93. The summed E-state index contributed by atoms with van der Waals surface area (Å²) in [6.07, 6.45) is 2.02. The summed E-state index contributed by atoms with van der Waals surface area (Å²) in [5, 5.41) is 1.05. The van der Waals surface area contributed by atoms with E-state index >= 15 is 0 Å². The molecule has 0 spiro atoms. The molecule has 3 heteroatoms. The van der Waals surface area contributed by atoms with Crippen molar-refractivity contribution in [2.24, 2.45) is 0 Å². The van der Waals surface area contributed by atoms with Gasteiger partial charge >= 0.3 is 0 Å². The predicted octanol–water partition coefficient (Wildman–Crippen LogP) is 11.5. The summed E-state index contributed by atoms with van der Waals surface area (Å²) in [5.74, 6) is 2.65. The van der Waals surface area contributed by atoms with E-state index in [1.165, 1.54) is 22.3 Å². The summed E-state index contributed by atoms with van der Waals surface area (Å²) < 4.78 is 6.43. The zero-order valence-corrected chi connectivity index (χ0v) is 26.1. The third kappa shape index (κ3) is 4.67. The lowest BCUT2D eigenvalue weighted by molar-refractivity contribution is 0.375. The normalized spacial score (nSPS) is 13.1. The van der Waals surface area contributed by atoms with Gasteiger partial charge in [0.15, 0.2) is 5.82 Å². The molecule has 0 atom stereocenters. The predicted molar refractivity (Wildman–Crippen MR) is 189 cm³/mol. The molecule has 0 N–H and O–H groups in total. The van der Waals surface area contributed by atoms with Gasteiger partial charge in [-0.25, -0.2) is 9.97 Å². The van der Waals surface area contributed by atoms with E-state index in [2.05, 4.69) is 141 Å². The summed E-state index contributed by atoms with van der Waals surface area (Å²) in [6, 6.07) is 51.2. The summed E-state index contributed by atoms with van der Waals surface area (Å²) >= 11 is 0. The highest BCUT2D eigenvalue weighted by Crippen LogP contribution is 2.52. The van der Waals surface area contributed by atoms with Gasteiger partial charge < -0.3 is 4.74 Å². The highest BCUT2D eigenvalue weighted by Gasteiger charge is 2.39. The summed E-state index contributed by atoms with van der Waals surface area (Å²) in [7, 11) is 0. The molecule has 1 aromatic heterocycles. The minimum atomic E-state index is -0.0788. The second kappa shape index (κ2) is 11.4. The maximum absolute atomic E-state index is 6.43. The van der Waals surface area contributed by atoms with Crippen molar-refractivity contribution in [2.75, 3.05) is 0 Å². The first-order chi connectivity index (χ1) is 22.7. The van der Waals surface area contributed by atoms with E-state index in [1.807, 2.05) is 18.2 Å². The summed E-state index contributed by atoms with van der Waals surface area (Å²) in [4.78, 5) is 10.1. The average molecular weight is 595 g/mol. The van der Waals surface area contributed by atoms with Crippen LogP contribution in [-0.4, -0.2) is 9.97 Å². The molecular formula is C43H34N2O. The highest BCUT2D eigenvalue weighted by atomic mass is 16.5. The minimum absolute atomic E-state index is 0.0788. The topological polar surface area (TPSA) is 35.0 Å². The van der Waals surface area contributed by atoms with Gasteiger partial charge in [0.05, 0.1) is 11.2 Å². The number of rotatable bonds is 6. The molecule has 6 aromatic carbocycles. The Bertz CT molecular complexity index is 2220. The smallest absolute Gasteiger partial charge is 0.160 e. The van der Waals surface area contributed by atoms with Crippen LogP contribution in [0.15, 0.2) is 146 Å². The summed E-state index contributed by atoms with van der Waals surface area (Å²) in [6.45, 7) is 4.58. The maximum Gasteiger partial charge on any atom is 0.160 e. The fourth-order valence-electron chi connectivity index (χ4n) is 7.14. The lowest BCUT2D eigenvalue weighted by Crippen LogP contribution is -2.30. The molecule has 1 aliphatic rings. The van der Waals surface area contributed by atoms with E-state index in [-0.39, 0.29) is 5.41 Å². The lowest BCUT2D eigenvalue weighted by atomic mass is 9.68. The van der Waals surface area contributed by atoms with Crippen molar-refractivity contribution < 1.29 is 4.74 Å². The molecule has 0 saturated carbocycles. The monoisotopic (exact) mass is 594 g/mol. The molecule has 0 aliphatic carbocycles. The Labute approximate surface area is 270 Å². The largest absolute Gasteiger partial charge is 0.457 e.